The number of guanidine groups is 1. The minimum Gasteiger partial charge on any atom is -0.346 e. The molecule has 36 heavy (non-hydrogen) atoms. The maximum atomic E-state index is 13.3. The van der Waals surface area contributed by atoms with E-state index in [4.69, 9.17) is 10.7 Å². The first-order valence-corrected chi connectivity index (χ1v) is 10.8. The van der Waals surface area contributed by atoms with Gasteiger partial charge in [-0.3, -0.25) is 10.2 Å². The highest BCUT2D eigenvalue weighted by molar-refractivity contribution is 5.93. The molecular weight excluding hydrogens is 462 g/mol. The summed E-state index contributed by atoms with van der Waals surface area (Å²) in [5, 5.41) is 22.7. The first kappa shape index (κ1) is 24.0. The number of halogens is 2. The fourth-order valence-corrected chi connectivity index (χ4v) is 3.42. The van der Waals surface area contributed by atoms with Crippen molar-refractivity contribution in [2.45, 2.75) is 6.42 Å². The van der Waals surface area contributed by atoms with Crippen molar-refractivity contribution in [3.05, 3.63) is 113 Å². The molecule has 0 fully saturated rings. The monoisotopic (exact) mass is 482 g/mol. The van der Waals surface area contributed by atoms with Crippen LogP contribution >= 0.6 is 0 Å². The molecule has 9 heteroatoms. The summed E-state index contributed by atoms with van der Waals surface area (Å²) in [6, 6.07) is 23.0. The number of para-hydroxylation sites is 1. The van der Waals surface area contributed by atoms with E-state index in [0.29, 0.717) is 28.0 Å². The zero-order valence-electron chi connectivity index (χ0n) is 18.8. The van der Waals surface area contributed by atoms with E-state index in [-0.39, 0.29) is 18.3 Å². The van der Waals surface area contributed by atoms with Crippen molar-refractivity contribution >= 4 is 23.2 Å². The minimum absolute atomic E-state index is 0.0785. The molecule has 0 saturated heterocycles. The molecule has 4 aromatic rings. The summed E-state index contributed by atoms with van der Waals surface area (Å²) in [7, 11) is 0. The van der Waals surface area contributed by atoms with Crippen molar-refractivity contribution in [2.24, 2.45) is 4.99 Å². The molecule has 0 aliphatic rings. The fourth-order valence-electron chi connectivity index (χ4n) is 3.42. The number of H-pyrrole nitrogens is 1. The molecule has 3 aromatic carbocycles. The van der Waals surface area contributed by atoms with Gasteiger partial charge in [-0.1, -0.05) is 30.3 Å². The highest BCUT2D eigenvalue weighted by Crippen LogP contribution is 2.20. The van der Waals surface area contributed by atoms with E-state index >= 15 is 0 Å². The number of hydrogen-bond acceptors (Lipinski definition) is 3. The highest BCUT2D eigenvalue weighted by atomic mass is 19.2. The second kappa shape index (κ2) is 10.9. The van der Waals surface area contributed by atoms with Crippen molar-refractivity contribution in [2.75, 3.05) is 10.6 Å². The summed E-state index contributed by atoms with van der Waals surface area (Å²) in [5.74, 6) is -2.41. The van der Waals surface area contributed by atoms with Crippen LogP contribution in [0.3, 0.4) is 0 Å². The number of amides is 1. The average molecular weight is 482 g/mol. The van der Waals surface area contributed by atoms with E-state index in [9.17, 15) is 13.6 Å². The normalized spacial score (nSPS) is 11.0. The number of benzene rings is 3. The van der Waals surface area contributed by atoms with Gasteiger partial charge in [0.1, 0.15) is 11.6 Å². The Hall–Kier alpha value is -5.10. The van der Waals surface area contributed by atoms with E-state index < -0.39 is 11.6 Å². The van der Waals surface area contributed by atoms with E-state index in [2.05, 4.69) is 26.7 Å². The minimum atomic E-state index is -0.988. The Labute approximate surface area is 205 Å². The van der Waals surface area contributed by atoms with Crippen LogP contribution in [0.5, 0.6) is 0 Å². The molecule has 4 rings (SSSR count). The summed E-state index contributed by atoms with van der Waals surface area (Å²) >= 11 is 0. The number of nitrogens with one attached hydrogen (secondary N) is 4. The topological polar surface area (TPSA) is 117 Å². The van der Waals surface area contributed by atoms with Gasteiger partial charge in [-0.2, -0.15) is 10.3 Å². The molecule has 1 amide bonds. The Balaban J connectivity index is 1.38. The predicted octanol–water partition coefficient (Wildman–Crippen LogP) is 4.96. The largest absolute Gasteiger partial charge is 0.346 e. The number of pyridine rings is 1. The van der Waals surface area contributed by atoms with Gasteiger partial charge < -0.3 is 15.6 Å². The SMILES string of the molecule is N#Cc1ccccc1NC(=N)/N=c1/ccc(-c2ccc(NC(=O)Cc3ccc(F)c(F)c3)cc2)c[nH]1. The molecule has 1 heterocycles. The zero-order valence-corrected chi connectivity index (χ0v) is 18.8. The van der Waals surface area contributed by atoms with Crippen LogP contribution in [0.25, 0.3) is 11.1 Å². The Bertz CT molecular complexity index is 1520. The number of carbonyl (C=O) groups excluding carboxylic acids is 1. The van der Waals surface area contributed by atoms with Crippen LogP contribution in [-0.4, -0.2) is 16.9 Å². The average Bonchev–Trinajstić information content (AvgIpc) is 2.87. The second-order valence-corrected chi connectivity index (χ2v) is 7.76. The summed E-state index contributed by atoms with van der Waals surface area (Å²) in [5.41, 5.74) is 4.06. The lowest BCUT2D eigenvalue weighted by Crippen LogP contribution is -2.16. The summed E-state index contributed by atoms with van der Waals surface area (Å²) < 4.78 is 26.4. The number of aromatic nitrogens is 1. The summed E-state index contributed by atoms with van der Waals surface area (Å²) in [4.78, 5) is 19.4. The Morgan fingerprint density at radius 1 is 0.944 bits per heavy atom. The first-order chi connectivity index (χ1) is 17.4. The number of nitriles is 1. The van der Waals surface area contributed by atoms with Crippen molar-refractivity contribution in [1.29, 1.82) is 10.7 Å². The van der Waals surface area contributed by atoms with Crippen LogP contribution < -0.4 is 16.1 Å². The van der Waals surface area contributed by atoms with Crippen LogP contribution in [0, 0.1) is 28.4 Å². The van der Waals surface area contributed by atoms with Gasteiger partial charge in [0, 0.05) is 11.9 Å². The van der Waals surface area contributed by atoms with Crippen LogP contribution in [0.15, 0.2) is 90.1 Å². The van der Waals surface area contributed by atoms with Crippen LogP contribution in [0.1, 0.15) is 11.1 Å². The highest BCUT2D eigenvalue weighted by Gasteiger charge is 2.08. The molecule has 0 saturated carbocycles. The zero-order chi connectivity index (χ0) is 25.5. The van der Waals surface area contributed by atoms with E-state index in [1.165, 1.54) is 6.07 Å². The maximum absolute atomic E-state index is 13.3. The number of aromatic amines is 1. The van der Waals surface area contributed by atoms with E-state index in [0.717, 1.165) is 23.3 Å². The van der Waals surface area contributed by atoms with Crippen LogP contribution in [0.4, 0.5) is 20.2 Å². The van der Waals surface area contributed by atoms with Gasteiger partial charge in [-0.15, -0.1) is 0 Å². The number of nitrogens with zero attached hydrogens (tertiary/aromatic N) is 2. The van der Waals surface area contributed by atoms with Crippen LogP contribution in [-0.2, 0) is 11.2 Å². The quantitative estimate of drug-likeness (QED) is 0.238. The van der Waals surface area contributed by atoms with Crippen molar-refractivity contribution in [3.63, 3.8) is 0 Å². The molecule has 0 aliphatic carbocycles. The number of anilines is 2. The molecule has 178 valence electrons. The predicted molar refractivity (Wildman–Crippen MR) is 133 cm³/mol. The Morgan fingerprint density at radius 3 is 2.39 bits per heavy atom. The van der Waals surface area contributed by atoms with Crippen molar-refractivity contribution in [1.82, 2.24) is 4.98 Å². The van der Waals surface area contributed by atoms with Gasteiger partial charge in [0.05, 0.1) is 17.7 Å². The lowest BCUT2D eigenvalue weighted by atomic mass is 10.1. The third-order valence-corrected chi connectivity index (χ3v) is 5.18. The molecule has 0 radical (unpaired) electrons. The molecule has 0 spiro atoms. The molecule has 0 bridgehead atoms. The third-order valence-electron chi connectivity index (χ3n) is 5.18. The molecule has 0 aliphatic heterocycles. The van der Waals surface area contributed by atoms with Gasteiger partial charge in [-0.25, -0.2) is 8.78 Å². The fraction of sp³-hybridized carbons (Fsp3) is 0.0370. The van der Waals surface area contributed by atoms with Gasteiger partial charge >= 0.3 is 0 Å². The summed E-state index contributed by atoms with van der Waals surface area (Å²) in [6.45, 7) is 0. The van der Waals surface area contributed by atoms with Gasteiger partial charge in [0.25, 0.3) is 0 Å². The van der Waals surface area contributed by atoms with Crippen molar-refractivity contribution in [3.8, 4) is 17.2 Å². The van der Waals surface area contributed by atoms with E-state index in [1.807, 2.05) is 18.2 Å². The molecular formula is C27H20F2N6O. The standard InChI is InChI=1S/C27H20F2N6O/c28-22-11-5-17(13-23(22)29)14-26(36)33-21-9-6-18(7-10-21)20-8-12-25(32-16-20)35-27(31)34-24-4-2-1-3-19(24)15-30/h1-13,16H,14H2,(H,33,36)(H3,31,32,34,35). The number of carbonyl (C=O) groups is 1. The van der Waals surface area contributed by atoms with Gasteiger partial charge in [0.2, 0.25) is 11.9 Å². The molecule has 1 aromatic heterocycles. The molecule has 7 nitrogen and oxygen atoms in total. The lowest BCUT2D eigenvalue weighted by molar-refractivity contribution is -0.115. The second-order valence-electron chi connectivity index (χ2n) is 7.76. The Morgan fingerprint density at radius 2 is 1.69 bits per heavy atom. The number of hydrogen-bond donors (Lipinski definition) is 4. The van der Waals surface area contributed by atoms with Crippen molar-refractivity contribution < 1.29 is 13.6 Å². The smallest absolute Gasteiger partial charge is 0.228 e. The molecule has 0 unspecified atom stereocenters. The Kier molecular flexibility index (Phi) is 7.27. The van der Waals surface area contributed by atoms with E-state index in [1.54, 1.807) is 48.7 Å². The molecule has 4 N–H and O–H groups in total. The maximum Gasteiger partial charge on any atom is 0.228 e. The molecule has 0 atom stereocenters. The number of rotatable bonds is 5. The summed E-state index contributed by atoms with van der Waals surface area (Å²) in [6.07, 6.45) is 1.66. The van der Waals surface area contributed by atoms with Gasteiger partial charge in [0.15, 0.2) is 11.6 Å². The van der Waals surface area contributed by atoms with Crippen LogP contribution in [0.2, 0.25) is 0 Å². The third kappa shape index (κ3) is 6.07. The lowest BCUT2D eigenvalue weighted by Gasteiger charge is -2.08. The first-order valence-electron chi connectivity index (χ1n) is 10.8. The van der Waals surface area contributed by atoms with Gasteiger partial charge in [-0.05, 0) is 65.2 Å².